The van der Waals surface area contributed by atoms with Gasteiger partial charge in [-0.2, -0.15) is 0 Å². The lowest BCUT2D eigenvalue weighted by atomic mass is 10.3. The van der Waals surface area contributed by atoms with Crippen molar-refractivity contribution in [2.24, 2.45) is 0 Å². The van der Waals surface area contributed by atoms with Crippen LogP contribution in [0.2, 0.25) is 0 Å². The highest BCUT2D eigenvalue weighted by Crippen LogP contribution is 2.18. The van der Waals surface area contributed by atoms with Crippen molar-refractivity contribution < 1.29 is 4.79 Å². The number of hydrogen-bond acceptors (Lipinski definition) is 2. The van der Waals surface area contributed by atoms with Crippen LogP contribution in [0, 0.1) is 0 Å². The number of rotatable bonds is 8. The lowest BCUT2D eigenvalue weighted by molar-refractivity contribution is 0.240. The monoisotopic (exact) mass is 213 g/mol. The van der Waals surface area contributed by atoms with E-state index in [1.54, 1.807) is 0 Å². The molecule has 0 unspecified atom stereocenters. The number of hydrogen-bond donors (Lipinski definition) is 3. The number of carbonyl (C=O) groups excluding carboxylic acids is 1. The third-order valence-electron chi connectivity index (χ3n) is 2.47. The molecule has 0 atom stereocenters. The Balaban J connectivity index is 1.78. The lowest BCUT2D eigenvalue weighted by Gasteiger charge is -2.07. The molecule has 0 aromatic carbocycles. The Kier molecular flexibility index (Phi) is 6.16. The zero-order chi connectivity index (χ0) is 10.9. The third kappa shape index (κ3) is 7.19. The van der Waals surface area contributed by atoms with Gasteiger partial charge in [-0.05, 0) is 32.2 Å². The van der Waals surface area contributed by atoms with Crippen molar-refractivity contribution in [3.63, 3.8) is 0 Å². The molecule has 1 saturated carbocycles. The van der Waals surface area contributed by atoms with Gasteiger partial charge in [0.25, 0.3) is 0 Å². The van der Waals surface area contributed by atoms with E-state index in [9.17, 15) is 4.79 Å². The molecule has 1 aliphatic rings. The van der Waals surface area contributed by atoms with Crippen molar-refractivity contribution in [2.45, 2.75) is 45.1 Å². The molecule has 0 heterocycles. The summed E-state index contributed by atoms with van der Waals surface area (Å²) in [6.07, 6.45) is 5.83. The van der Waals surface area contributed by atoms with E-state index < -0.39 is 0 Å². The maximum Gasteiger partial charge on any atom is 0.314 e. The molecule has 1 rings (SSSR count). The fourth-order valence-corrected chi connectivity index (χ4v) is 1.33. The molecule has 88 valence electrons. The number of urea groups is 1. The average Bonchev–Trinajstić information content (AvgIpc) is 3.02. The minimum absolute atomic E-state index is 0.0325. The van der Waals surface area contributed by atoms with Crippen LogP contribution in [0.5, 0.6) is 0 Å². The van der Waals surface area contributed by atoms with Crippen LogP contribution >= 0.6 is 0 Å². The number of nitrogens with one attached hydrogen (secondary N) is 3. The average molecular weight is 213 g/mol. The van der Waals surface area contributed by atoms with Gasteiger partial charge in [-0.1, -0.05) is 13.3 Å². The van der Waals surface area contributed by atoms with E-state index in [-0.39, 0.29) is 6.03 Å². The quantitative estimate of drug-likeness (QED) is 0.531. The van der Waals surface area contributed by atoms with Crippen molar-refractivity contribution in [1.82, 2.24) is 16.0 Å². The fourth-order valence-electron chi connectivity index (χ4n) is 1.33. The second kappa shape index (κ2) is 7.51. The lowest BCUT2D eigenvalue weighted by Crippen LogP contribution is -2.37. The van der Waals surface area contributed by atoms with Gasteiger partial charge in [0.05, 0.1) is 0 Å². The molecule has 4 nitrogen and oxygen atoms in total. The summed E-state index contributed by atoms with van der Waals surface area (Å²) < 4.78 is 0. The van der Waals surface area contributed by atoms with E-state index >= 15 is 0 Å². The highest BCUT2D eigenvalue weighted by atomic mass is 16.2. The van der Waals surface area contributed by atoms with Gasteiger partial charge in [-0.15, -0.1) is 0 Å². The molecule has 0 spiro atoms. The summed E-state index contributed by atoms with van der Waals surface area (Å²) in [5.41, 5.74) is 0. The molecule has 1 aliphatic carbocycles. The molecule has 0 bridgehead atoms. The summed E-state index contributed by atoms with van der Waals surface area (Å²) >= 11 is 0. The Morgan fingerprint density at radius 1 is 1.13 bits per heavy atom. The molecular weight excluding hydrogens is 190 g/mol. The molecule has 0 aromatic rings. The molecule has 0 aliphatic heterocycles. The molecule has 4 heteroatoms. The number of carbonyl (C=O) groups is 1. The summed E-state index contributed by atoms with van der Waals surface area (Å²) in [5, 5.41) is 9.08. The molecule has 15 heavy (non-hydrogen) atoms. The van der Waals surface area contributed by atoms with Crippen LogP contribution in [-0.4, -0.2) is 31.7 Å². The van der Waals surface area contributed by atoms with Crippen molar-refractivity contribution in [2.75, 3.05) is 19.6 Å². The van der Waals surface area contributed by atoms with Crippen LogP contribution in [0.15, 0.2) is 0 Å². The van der Waals surface area contributed by atoms with Gasteiger partial charge in [-0.25, -0.2) is 4.79 Å². The maximum absolute atomic E-state index is 11.2. The number of unbranched alkanes of at least 4 members (excludes halogenated alkanes) is 1. The first-order valence-electron chi connectivity index (χ1n) is 6.08. The van der Waals surface area contributed by atoms with Crippen molar-refractivity contribution in [3.05, 3.63) is 0 Å². The molecule has 3 N–H and O–H groups in total. The van der Waals surface area contributed by atoms with Crippen LogP contribution in [0.1, 0.15) is 39.0 Å². The molecule has 1 fully saturated rings. The van der Waals surface area contributed by atoms with E-state index in [0.29, 0.717) is 0 Å². The normalized spacial score (nSPS) is 15.0. The molecule has 0 radical (unpaired) electrons. The number of amides is 2. The summed E-state index contributed by atoms with van der Waals surface area (Å²) in [5.74, 6) is 0. The molecule has 0 aromatic heterocycles. The molecular formula is C11H23N3O. The summed E-state index contributed by atoms with van der Waals surface area (Å²) in [7, 11) is 0. The fraction of sp³-hybridized carbons (Fsp3) is 0.909. The van der Waals surface area contributed by atoms with E-state index in [4.69, 9.17) is 0 Å². The van der Waals surface area contributed by atoms with Crippen LogP contribution in [0.4, 0.5) is 4.79 Å². The standard InChI is InChI=1S/C11H23N3O/c1-2-3-7-13-11(15)14-9-4-8-12-10-5-6-10/h10,12H,2-9H2,1H3,(H2,13,14,15). The van der Waals surface area contributed by atoms with Gasteiger partial charge in [0.2, 0.25) is 0 Å². The van der Waals surface area contributed by atoms with Crippen molar-refractivity contribution in [3.8, 4) is 0 Å². The van der Waals surface area contributed by atoms with Gasteiger partial charge in [0.15, 0.2) is 0 Å². The molecule has 0 saturated heterocycles. The summed E-state index contributed by atoms with van der Waals surface area (Å²) in [4.78, 5) is 11.2. The summed E-state index contributed by atoms with van der Waals surface area (Å²) in [6.45, 7) is 4.67. The first kappa shape index (κ1) is 12.3. The van der Waals surface area contributed by atoms with Crippen molar-refractivity contribution >= 4 is 6.03 Å². The zero-order valence-corrected chi connectivity index (χ0v) is 9.64. The Morgan fingerprint density at radius 3 is 2.40 bits per heavy atom. The van der Waals surface area contributed by atoms with E-state index in [0.717, 1.165) is 44.9 Å². The van der Waals surface area contributed by atoms with Gasteiger partial charge in [0, 0.05) is 19.1 Å². The second-order valence-electron chi connectivity index (χ2n) is 4.12. The topological polar surface area (TPSA) is 53.2 Å². The van der Waals surface area contributed by atoms with Gasteiger partial charge >= 0.3 is 6.03 Å². The largest absolute Gasteiger partial charge is 0.338 e. The minimum atomic E-state index is -0.0325. The second-order valence-corrected chi connectivity index (χ2v) is 4.12. The molecule has 2 amide bonds. The Labute approximate surface area is 92.2 Å². The van der Waals surface area contributed by atoms with Crippen LogP contribution in [-0.2, 0) is 0 Å². The van der Waals surface area contributed by atoms with Gasteiger partial charge in [0.1, 0.15) is 0 Å². The van der Waals surface area contributed by atoms with Crippen LogP contribution < -0.4 is 16.0 Å². The zero-order valence-electron chi connectivity index (χ0n) is 9.64. The first-order chi connectivity index (χ1) is 7.33. The van der Waals surface area contributed by atoms with E-state index in [1.807, 2.05) is 0 Å². The van der Waals surface area contributed by atoms with Crippen LogP contribution in [0.3, 0.4) is 0 Å². The van der Waals surface area contributed by atoms with Crippen molar-refractivity contribution in [1.29, 1.82) is 0 Å². The first-order valence-corrected chi connectivity index (χ1v) is 6.08. The highest BCUT2D eigenvalue weighted by Gasteiger charge is 2.19. The predicted molar refractivity (Wildman–Crippen MR) is 62.0 cm³/mol. The third-order valence-corrected chi connectivity index (χ3v) is 2.47. The predicted octanol–water partition coefficient (Wildman–Crippen LogP) is 1.23. The van der Waals surface area contributed by atoms with Crippen LogP contribution in [0.25, 0.3) is 0 Å². The van der Waals surface area contributed by atoms with E-state index in [1.165, 1.54) is 12.8 Å². The van der Waals surface area contributed by atoms with E-state index in [2.05, 4.69) is 22.9 Å². The summed E-state index contributed by atoms with van der Waals surface area (Å²) in [6, 6.07) is 0.734. The Bertz CT molecular complexity index is 181. The van der Waals surface area contributed by atoms with Gasteiger partial charge < -0.3 is 16.0 Å². The Morgan fingerprint density at radius 2 is 1.80 bits per heavy atom. The minimum Gasteiger partial charge on any atom is -0.338 e. The smallest absolute Gasteiger partial charge is 0.314 e. The van der Waals surface area contributed by atoms with Gasteiger partial charge in [-0.3, -0.25) is 0 Å². The Hall–Kier alpha value is -0.770. The maximum atomic E-state index is 11.2. The highest BCUT2D eigenvalue weighted by molar-refractivity contribution is 5.73. The SMILES string of the molecule is CCCCNC(=O)NCCCNC1CC1.